The van der Waals surface area contributed by atoms with Gasteiger partial charge in [0.1, 0.15) is 0 Å². The van der Waals surface area contributed by atoms with E-state index in [0.717, 1.165) is 39.0 Å². The number of nitrogens with two attached hydrogens (primary N) is 1. The lowest BCUT2D eigenvalue weighted by Crippen LogP contribution is -2.31. The number of hydrazine groups is 1. The Morgan fingerprint density at radius 3 is 2.71 bits per heavy atom. The molecule has 1 atom stereocenters. The maximum absolute atomic E-state index is 5.75. The maximum Gasteiger partial charge on any atom is 0.0766 e. The molecule has 1 unspecified atom stereocenters. The van der Waals surface area contributed by atoms with Crippen LogP contribution in [0.3, 0.4) is 0 Å². The van der Waals surface area contributed by atoms with Crippen molar-refractivity contribution < 1.29 is 0 Å². The summed E-state index contributed by atoms with van der Waals surface area (Å²) in [6.07, 6.45) is 3.39. The van der Waals surface area contributed by atoms with Gasteiger partial charge in [0.15, 0.2) is 0 Å². The van der Waals surface area contributed by atoms with Gasteiger partial charge in [0.05, 0.1) is 27.6 Å². The predicted molar refractivity (Wildman–Crippen MR) is 90.7 cm³/mol. The molecule has 0 radical (unpaired) electrons. The first-order chi connectivity index (χ1) is 10.1. The average molecular weight is 417 g/mol. The summed E-state index contributed by atoms with van der Waals surface area (Å²) in [5.74, 6) is 5.75. The minimum Gasteiger partial charge on any atom is -0.271 e. The molecular weight excluding hydrogens is 398 g/mol. The van der Waals surface area contributed by atoms with Gasteiger partial charge >= 0.3 is 0 Å². The molecule has 0 saturated carbocycles. The van der Waals surface area contributed by atoms with E-state index in [9.17, 15) is 0 Å². The molecule has 114 valence electrons. The lowest BCUT2D eigenvalue weighted by Gasteiger charge is -2.17. The highest BCUT2D eigenvalue weighted by molar-refractivity contribution is 9.10. The van der Waals surface area contributed by atoms with Crippen LogP contribution in [0.5, 0.6) is 0 Å². The Balaban J connectivity index is 2.35. The molecule has 0 fully saturated rings. The summed E-state index contributed by atoms with van der Waals surface area (Å²) in [4.78, 5) is 4.42. The second-order valence-corrected chi connectivity index (χ2v) is 6.32. The number of aryl methyl sites for hydroxylation is 2. The van der Waals surface area contributed by atoms with Crippen molar-refractivity contribution in [3.05, 3.63) is 44.4 Å². The van der Waals surface area contributed by atoms with Crippen molar-refractivity contribution in [2.75, 3.05) is 0 Å². The number of pyridine rings is 1. The molecule has 0 aliphatic carbocycles. The number of hydrogen-bond acceptors (Lipinski definition) is 4. The normalized spacial score (nSPS) is 12.6. The van der Waals surface area contributed by atoms with Gasteiger partial charge in [-0.15, -0.1) is 0 Å². The summed E-state index contributed by atoms with van der Waals surface area (Å²) in [5.41, 5.74) is 5.96. The monoisotopic (exact) mass is 415 g/mol. The van der Waals surface area contributed by atoms with Crippen LogP contribution in [0.15, 0.2) is 27.3 Å². The third-order valence-electron chi connectivity index (χ3n) is 3.41. The molecule has 7 heteroatoms. The van der Waals surface area contributed by atoms with Gasteiger partial charge < -0.3 is 0 Å². The molecule has 0 amide bonds. The summed E-state index contributed by atoms with van der Waals surface area (Å²) >= 11 is 7.20. The molecular formula is C14H19Br2N5. The van der Waals surface area contributed by atoms with Crippen LogP contribution in [0.4, 0.5) is 0 Å². The van der Waals surface area contributed by atoms with Gasteiger partial charge in [0.25, 0.3) is 0 Å². The zero-order valence-electron chi connectivity index (χ0n) is 12.1. The predicted octanol–water partition coefficient (Wildman–Crippen LogP) is 3.13. The molecule has 2 rings (SSSR count). The summed E-state index contributed by atoms with van der Waals surface area (Å²) in [7, 11) is 0. The van der Waals surface area contributed by atoms with Crippen molar-refractivity contribution in [3.63, 3.8) is 0 Å². The van der Waals surface area contributed by atoms with Crippen LogP contribution in [-0.4, -0.2) is 14.8 Å². The van der Waals surface area contributed by atoms with Crippen molar-refractivity contribution in [1.82, 2.24) is 20.2 Å². The Morgan fingerprint density at radius 1 is 1.38 bits per heavy atom. The first-order valence-electron chi connectivity index (χ1n) is 6.92. The fourth-order valence-corrected chi connectivity index (χ4v) is 3.55. The topological polar surface area (TPSA) is 68.8 Å². The minimum atomic E-state index is -0.0800. The first-order valence-corrected chi connectivity index (χ1v) is 8.51. The van der Waals surface area contributed by atoms with E-state index >= 15 is 0 Å². The highest BCUT2D eigenvalue weighted by Crippen LogP contribution is 2.28. The van der Waals surface area contributed by atoms with Crippen LogP contribution in [0, 0.1) is 0 Å². The molecule has 3 N–H and O–H groups in total. The van der Waals surface area contributed by atoms with Gasteiger partial charge in [-0.25, -0.2) is 0 Å². The third-order valence-corrected chi connectivity index (χ3v) is 5.00. The van der Waals surface area contributed by atoms with Crippen LogP contribution >= 0.6 is 31.9 Å². The van der Waals surface area contributed by atoms with Crippen molar-refractivity contribution >= 4 is 31.9 Å². The molecule has 0 aliphatic rings. The summed E-state index contributed by atoms with van der Waals surface area (Å²) in [6.45, 7) is 5.02. The number of nitrogens with one attached hydrogen (secondary N) is 1. The lowest BCUT2D eigenvalue weighted by atomic mass is 10.1. The number of rotatable bonds is 6. The summed E-state index contributed by atoms with van der Waals surface area (Å²) < 4.78 is 4.03. The van der Waals surface area contributed by atoms with Crippen LogP contribution in [0.2, 0.25) is 0 Å². The molecule has 2 heterocycles. The maximum atomic E-state index is 5.75. The number of nitrogens with zero attached hydrogens (tertiary/aromatic N) is 3. The lowest BCUT2D eigenvalue weighted by molar-refractivity contribution is 0.504. The Bertz CT molecular complexity index is 611. The molecule has 0 bridgehead atoms. The quantitative estimate of drug-likeness (QED) is 0.560. The van der Waals surface area contributed by atoms with E-state index in [1.807, 2.05) is 16.8 Å². The molecule has 21 heavy (non-hydrogen) atoms. The largest absolute Gasteiger partial charge is 0.271 e. The van der Waals surface area contributed by atoms with Crippen LogP contribution in [-0.2, 0) is 19.4 Å². The third kappa shape index (κ3) is 3.53. The van der Waals surface area contributed by atoms with Gasteiger partial charge in [-0.05, 0) is 57.3 Å². The fourth-order valence-electron chi connectivity index (χ4n) is 2.29. The average Bonchev–Trinajstić information content (AvgIpc) is 2.81. The molecule has 0 aliphatic heterocycles. The zero-order chi connectivity index (χ0) is 15.4. The highest BCUT2D eigenvalue weighted by atomic mass is 79.9. The fraction of sp³-hybridized carbons (Fsp3) is 0.429. The van der Waals surface area contributed by atoms with E-state index < -0.39 is 0 Å². The molecule has 0 spiro atoms. The van der Waals surface area contributed by atoms with E-state index in [1.54, 1.807) is 6.20 Å². The van der Waals surface area contributed by atoms with Crippen molar-refractivity contribution in [2.24, 2.45) is 5.84 Å². The van der Waals surface area contributed by atoms with Gasteiger partial charge in [0.2, 0.25) is 0 Å². The SMILES string of the molecule is CCc1nn(CC)c(CC(NN)c2ncccc2Br)c1Br. The van der Waals surface area contributed by atoms with Crippen molar-refractivity contribution in [3.8, 4) is 0 Å². The first kappa shape index (κ1) is 16.6. The molecule has 0 saturated heterocycles. The summed E-state index contributed by atoms with van der Waals surface area (Å²) in [5, 5.41) is 4.62. The van der Waals surface area contributed by atoms with E-state index in [-0.39, 0.29) is 6.04 Å². The second kappa shape index (κ2) is 7.49. The standard InChI is InChI=1S/C14H19Br2N5/c1-3-10-13(16)12(21(4-2)20-10)8-11(19-17)14-9(15)6-5-7-18-14/h5-7,11,19H,3-4,8,17H2,1-2H3. The van der Waals surface area contributed by atoms with Crippen LogP contribution in [0.25, 0.3) is 0 Å². The van der Waals surface area contributed by atoms with Crippen LogP contribution in [0.1, 0.15) is 37.0 Å². The van der Waals surface area contributed by atoms with Crippen LogP contribution < -0.4 is 11.3 Å². The Kier molecular flexibility index (Phi) is 5.92. The van der Waals surface area contributed by atoms with E-state index in [4.69, 9.17) is 5.84 Å². The molecule has 2 aromatic heterocycles. The molecule has 5 nitrogen and oxygen atoms in total. The van der Waals surface area contributed by atoms with Gasteiger partial charge in [0, 0.05) is 23.6 Å². The molecule has 0 aromatic carbocycles. The van der Waals surface area contributed by atoms with Gasteiger partial charge in [-0.2, -0.15) is 5.10 Å². The van der Waals surface area contributed by atoms with Crippen molar-refractivity contribution in [1.29, 1.82) is 0 Å². The Morgan fingerprint density at radius 2 is 2.14 bits per heavy atom. The second-order valence-electron chi connectivity index (χ2n) is 4.67. The zero-order valence-corrected chi connectivity index (χ0v) is 15.3. The Hall–Kier alpha value is -0.760. The molecule has 2 aromatic rings. The highest BCUT2D eigenvalue weighted by Gasteiger charge is 2.21. The van der Waals surface area contributed by atoms with E-state index in [0.29, 0.717) is 6.42 Å². The Labute approximate surface area is 141 Å². The van der Waals surface area contributed by atoms with Gasteiger partial charge in [-0.3, -0.25) is 20.9 Å². The van der Waals surface area contributed by atoms with Gasteiger partial charge in [-0.1, -0.05) is 6.92 Å². The minimum absolute atomic E-state index is 0.0800. The number of hydrogen-bond donors (Lipinski definition) is 2. The summed E-state index contributed by atoms with van der Waals surface area (Å²) in [6, 6.07) is 3.78. The van der Waals surface area contributed by atoms with E-state index in [1.165, 1.54) is 0 Å². The number of halogens is 2. The van der Waals surface area contributed by atoms with E-state index in [2.05, 4.69) is 61.2 Å². The number of aromatic nitrogens is 3. The van der Waals surface area contributed by atoms with Crippen molar-refractivity contribution in [2.45, 2.75) is 39.3 Å². The smallest absolute Gasteiger partial charge is 0.0766 e.